The molecular formula is C17H19NO2. The number of benzene rings is 2. The van der Waals surface area contributed by atoms with Crippen LogP contribution < -0.4 is 4.90 Å². The van der Waals surface area contributed by atoms with Crippen molar-refractivity contribution in [1.82, 2.24) is 0 Å². The molecule has 104 valence electrons. The predicted octanol–water partition coefficient (Wildman–Crippen LogP) is 3.37. The topological polar surface area (TPSA) is 40.5 Å². The van der Waals surface area contributed by atoms with Gasteiger partial charge in [-0.05, 0) is 42.7 Å². The van der Waals surface area contributed by atoms with Crippen LogP contribution in [-0.2, 0) is 6.42 Å². The van der Waals surface area contributed by atoms with Crippen molar-refractivity contribution in [2.24, 2.45) is 0 Å². The van der Waals surface area contributed by atoms with Gasteiger partial charge < -0.3 is 10.0 Å². The summed E-state index contributed by atoms with van der Waals surface area (Å²) in [5.41, 5.74) is 3.70. The van der Waals surface area contributed by atoms with Gasteiger partial charge in [-0.15, -0.1) is 0 Å². The molecule has 3 nitrogen and oxygen atoms in total. The van der Waals surface area contributed by atoms with E-state index in [9.17, 15) is 4.79 Å². The second-order valence-electron chi connectivity index (χ2n) is 4.96. The number of carboxylic acid groups (broad SMARTS) is 1. The fourth-order valence-electron chi connectivity index (χ4n) is 2.28. The Balaban J connectivity index is 2.06. The monoisotopic (exact) mass is 269 g/mol. The van der Waals surface area contributed by atoms with Crippen LogP contribution in [0.25, 0.3) is 0 Å². The molecule has 0 radical (unpaired) electrons. The number of hydrogen-bond donors (Lipinski definition) is 1. The first-order valence-corrected chi connectivity index (χ1v) is 6.67. The molecule has 0 aliphatic carbocycles. The first-order valence-electron chi connectivity index (χ1n) is 6.67. The maximum Gasteiger partial charge on any atom is 0.335 e. The summed E-state index contributed by atoms with van der Waals surface area (Å²) in [6.07, 6.45) is 0.970. The van der Waals surface area contributed by atoms with Gasteiger partial charge in [-0.3, -0.25) is 0 Å². The number of carboxylic acids is 1. The molecule has 2 rings (SSSR count). The Morgan fingerprint density at radius 3 is 2.45 bits per heavy atom. The highest BCUT2D eigenvalue weighted by atomic mass is 16.4. The van der Waals surface area contributed by atoms with E-state index in [4.69, 9.17) is 5.11 Å². The van der Waals surface area contributed by atoms with Crippen molar-refractivity contribution in [3.05, 3.63) is 65.2 Å². The van der Waals surface area contributed by atoms with E-state index in [0.29, 0.717) is 5.56 Å². The molecule has 0 fully saturated rings. The first kappa shape index (κ1) is 14.1. The molecule has 1 N–H and O–H groups in total. The van der Waals surface area contributed by atoms with Gasteiger partial charge in [0.15, 0.2) is 0 Å². The number of aryl methyl sites for hydroxylation is 1. The van der Waals surface area contributed by atoms with Gasteiger partial charge in [0.05, 0.1) is 5.56 Å². The molecule has 0 saturated carbocycles. The van der Waals surface area contributed by atoms with E-state index in [1.165, 1.54) is 5.56 Å². The summed E-state index contributed by atoms with van der Waals surface area (Å²) in [5.74, 6) is -0.883. The molecule has 0 unspecified atom stereocenters. The lowest BCUT2D eigenvalue weighted by atomic mass is 10.1. The van der Waals surface area contributed by atoms with E-state index in [0.717, 1.165) is 24.2 Å². The van der Waals surface area contributed by atoms with Crippen molar-refractivity contribution in [3.8, 4) is 0 Å². The Labute approximate surface area is 119 Å². The number of carbonyl (C=O) groups is 1. The summed E-state index contributed by atoms with van der Waals surface area (Å²) >= 11 is 0. The molecule has 0 spiro atoms. The standard InChI is InChI=1S/C17H19NO2/c1-13-12-15(17(19)20)8-9-16(13)18(2)11-10-14-6-4-3-5-7-14/h3-9,12H,10-11H2,1-2H3,(H,19,20). The van der Waals surface area contributed by atoms with E-state index < -0.39 is 5.97 Å². The van der Waals surface area contributed by atoms with Crippen LogP contribution in [0.15, 0.2) is 48.5 Å². The summed E-state index contributed by atoms with van der Waals surface area (Å²) in [4.78, 5) is 13.1. The van der Waals surface area contributed by atoms with Crippen molar-refractivity contribution in [1.29, 1.82) is 0 Å². The van der Waals surface area contributed by atoms with E-state index in [1.54, 1.807) is 12.1 Å². The van der Waals surface area contributed by atoms with Crippen LogP contribution in [0, 0.1) is 6.92 Å². The number of likely N-dealkylation sites (N-methyl/N-ethyl adjacent to an activating group) is 1. The highest BCUT2D eigenvalue weighted by Gasteiger charge is 2.08. The molecule has 0 atom stereocenters. The van der Waals surface area contributed by atoms with Crippen LogP contribution >= 0.6 is 0 Å². The van der Waals surface area contributed by atoms with Crippen molar-refractivity contribution in [2.45, 2.75) is 13.3 Å². The molecule has 0 aromatic heterocycles. The number of rotatable bonds is 5. The van der Waals surface area contributed by atoms with Crippen molar-refractivity contribution in [2.75, 3.05) is 18.5 Å². The minimum absolute atomic E-state index is 0.336. The zero-order chi connectivity index (χ0) is 14.5. The van der Waals surface area contributed by atoms with Crippen molar-refractivity contribution >= 4 is 11.7 Å². The Hall–Kier alpha value is -2.29. The molecule has 2 aromatic rings. The quantitative estimate of drug-likeness (QED) is 0.904. The van der Waals surface area contributed by atoms with Crippen LogP contribution in [0.3, 0.4) is 0 Å². The van der Waals surface area contributed by atoms with Gasteiger partial charge in [0, 0.05) is 19.3 Å². The zero-order valence-corrected chi connectivity index (χ0v) is 11.8. The van der Waals surface area contributed by atoms with Gasteiger partial charge in [0.1, 0.15) is 0 Å². The van der Waals surface area contributed by atoms with Crippen LogP contribution in [0.4, 0.5) is 5.69 Å². The molecule has 20 heavy (non-hydrogen) atoms. The average molecular weight is 269 g/mol. The van der Waals surface area contributed by atoms with Crippen LogP contribution in [0.2, 0.25) is 0 Å². The summed E-state index contributed by atoms with van der Waals surface area (Å²) in [7, 11) is 2.03. The third kappa shape index (κ3) is 3.38. The molecule has 3 heteroatoms. The summed E-state index contributed by atoms with van der Waals surface area (Å²) in [6.45, 7) is 2.85. The molecule has 0 amide bonds. The lowest BCUT2D eigenvalue weighted by Crippen LogP contribution is -2.21. The fourth-order valence-corrected chi connectivity index (χ4v) is 2.28. The lowest BCUT2D eigenvalue weighted by Gasteiger charge is -2.21. The predicted molar refractivity (Wildman–Crippen MR) is 81.6 cm³/mol. The lowest BCUT2D eigenvalue weighted by molar-refractivity contribution is 0.0697. The Morgan fingerprint density at radius 2 is 1.85 bits per heavy atom. The average Bonchev–Trinajstić information content (AvgIpc) is 2.45. The Morgan fingerprint density at radius 1 is 1.15 bits per heavy atom. The highest BCUT2D eigenvalue weighted by molar-refractivity contribution is 5.88. The smallest absolute Gasteiger partial charge is 0.335 e. The third-order valence-corrected chi connectivity index (χ3v) is 3.43. The normalized spacial score (nSPS) is 10.3. The van der Waals surface area contributed by atoms with Gasteiger partial charge in [-0.25, -0.2) is 4.79 Å². The Kier molecular flexibility index (Phi) is 4.41. The fraction of sp³-hybridized carbons (Fsp3) is 0.235. The minimum atomic E-state index is -0.883. The van der Waals surface area contributed by atoms with Crippen molar-refractivity contribution in [3.63, 3.8) is 0 Å². The summed E-state index contributed by atoms with van der Waals surface area (Å²) < 4.78 is 0. The zero-order valence-electron chi connectivity index (χ0n) is 11.8. The largest absolute Gasteiger partial charge is 0.478 e. The minimum Gasteiger partial charge on any atom is -0.478 e. The maximum atomic E-state index is 10.9. The molecule has 0 aliphatic heterocycles. The van der Waals surface area contributed by atoms with Crippen molar-refractivity contribution < 1.29 is 9.90 Å². The van der Waals surface area contributed by atoms with Gasteiger partial charge in [0.2, 0.25) is 0 Å². The second kappa shape index (κ2) is 6.24. The van der Waals surface area contributed by atoms with Crippen LogP contribution in [0.5, 0.6) is 0 Å². The van der Waals surface area contributed by atoms with E-state index in [-0.39, 0.29) is 0 Å². The third-order valence-electron chi connectivity index (χ3n) is 3.43. The molecule has 0 saturated heterocycles. The summed E-state index contributed by atoms with van der Waals surface area (Å²) in [6, 6.07) is 15.6. The first-order chi connectivity index (χ1) is 9.58. The van der Waals surface area contributed by atoms with E-state index >= 15 is 0 Å². The van der Waals surface area contributed by atoms with E-state index in [1.807, 2.05) is 38.2 Å². The number of nitrogens with zero attached hydrogens (tertiary/aromatic N) is 1. The molecular weight excluding hydrogens is 250 g/mol. The molecule has 0 aliphatic rings. The van der Waals surface area contributed by atoms with Crippen LogP contribution in [0.1, 0.15) is 21.5 Å². The van der Waals surface area contributed by atoms with Gasteiger partial charge in [-0.2, -0.15) is 0 Å². The van der Waals surface area contributed by atoms with E-state index in [2.05, 4.69) is 17.0 Å². The molecule has 0 heterocycles. The number of aromatic carboxylic acids is 1. The highest BCUT2D eigenvalue weighted by Crippen LogP contribution is 2.20. The Bertz CT molecular complexity index is 593. The summed E-state index contributed by atoms with van der Waals surface area (Å²) in [5, 5.41) is 8.98. The second-order valence-corrected chi connectivity index (χ2v) is 4.96. The molecule has 2 aromatic carbocycles. The number of anilines is 1. The number of hydrogen-bond acceptors (Lipinski definition) is 2. The van der Waals surface area contributed by atoms with Gasteiger partial charge in [0.25, 0.3) is 0 Å². The van der Waals surface area contributed by atoms with Gasteiger partial charge >= 0.3 is 5.97 Å². The van der Waals surface area contributed by atoms with Crippen LogP contribution in [-0.4, -0.2) is 24.7 Å². The molecule has 0 bridgehead atoms. The SMILES string of the molecule is Cc1cc(C(=O)O)ccc1N(C)CCc1ccccc1. The maximum absolute atomic E-state index is 10.9. The van der Waals surface area contributed by atoms with Gasteiger partial charge in [-0.1, -0.05) is 30.3 Å².